The van der Waals surface area contributed by atoms with Crippen LogP contribution >= 0.6 is 0 Å². The first-order valence-electron chi connectivity index (χ1n) is 7.24. The van der Waals surface area contributed by atoms with Crippen LogP contribution in [0.5, 0.6) is 0 Å². The van der Waals surface area contributed by atoms with Crippen molar-refractivity contribution in [2.45, 2.75) is 25.9 Å². The fourth-order valence-corrected chi connectivity index (χ4v) is 2.63. The third-order valence-corrected chi connectivity index (χ3v) is 3.76. The Kier molecular flexibility index (Phi) is 5.08. The summed E-state index contributed by atoms with van der Waals surface area (Å²) in [6.07, 6.45) is -2.53. The summed E-state index contributed by atoms with van der Waals surface area (Å²) < 4.78 is 52.0. The maximum atomic E-state index is 13.8. The highest BCUT2D eigenvalue weighted by Gasteiger charge is 2.32. The van der Waals surface area contributed by atoms with Crippen LogP contribution in [0.4, 0.5) is 23.2 Å². The number of nitrogens with one attached hydrogen (secondary N) is 1. The molecule has 0 amide bonds. The molecule has 1 unspecified atom stereocenters. The van der Waals surface area contributed by atoms with E-state index in [0.717, 1.165) is 44.1 Å². The summed E-state index contributed by atoms with van der Waals surface area (Å²) in [4.78, 5) is 1.71. The van der Waals surface area contributed by atoms with Crippen molar-refractivity contribution >= 4 is 5.69 Å². The van der Waals surface area contributed by atoms with E-state index in [1.165, 1.54) is 0 Å². The second-order valence-electron chi connectivity index (χ2n) is 5.47. The van der Waals surface area contributed by atoms with Gasteiger partial charge in [0.15, 0.2) is 0 Å². The average Bonchev–Trinajstić information content (AvgIpc) is 2.87. The van der Waals surface area contributed by atoms with Gasteiger partial charge in [-0.2, -0.15) is 13.2 Å². The molecular weight excluding hydrogens is 284 g/mol. The molecule has 1 saturated heterocycles. The number of hydrogen-bond donors (Lipinski definition) is 1. The number of halogens is 4. The van der Waals surface area contributed by atoms with Crippen molar-refractivity contribution in [2.75, 3.05) is 31.1 Å². The van der Waals surface area contributed by atoms with Gasteiger partial charge in [-0.15, -0.1) is 0 Å². The Hall–Kier alpha value is -1.30. The summed E-state index contributed by atoms with van der Waals surface area (Å²) in [5, 5.41) is 3.30. The van der Waals surface area contributed by atoms with Gasteiger partial charge in [-0.3, -0.25) is 0 Å². The van der Waals surface area contributed by atoms with Crippen LogP contribution < -0.4 is 10.2 Å². The number of anilines is 1. The number of rotatable bonds is 5. The lowest BCUT2D eigenvalue weighted by Crippen LogP contribution is -2.27. The van der Waals surface area contributed by atoms with Crippen LogP contribution in [0.25, 0.3) is 0 Å². The van der Waals surface area contributed by atoms with Gasteiger partial charge in [-0.25, -0.2) is 4.39 Å². The first-order chi connectivity index (χ1) is 9.91. The number of benzene rings is 1. The van der Waals surface area contributed by atoms with Gasteiger partial charge < -0.3 is 10.2 Å². The highest BCUT2D eigenvalue weighted by molar-refractivity contribution is 5.51. The molecule has 0 bridgehead atoms. The summed E-state index contributed by atoms with van der Waals surface area (Å²) in [6.45, 7) is 5.01. The van der Waals surface area contributed by atoms with Gasteiger partial charge in [0.05, 0.1) is 11.3 Å². The average molecular weight is 304 g/mol. The maximum Gasteiger partial charge on any atom is 0.416 e. The quantitative estimate of drug-likeness (QED) is 0.659. The molecule has 1 aliphatic rings. The summed E-state index contributed by atoms with van der Waals surface area (Å²) in [6, 6.07) is 2.60. The molecule has 1 aliphatic heterocycles. The number of nitrogens with zero attached hydrogens (tertiary/aromatic N) is 1. The van der Waals surface area contributed by atoms with Crippen molar-refractivity contribution in [3.8, 4) is 0 Å². The fourth-order valence-electron chi connectivity index (χ4n) is 2.63. The van der Waals surface area contributed by atoms with E-state index < -0.39 is 17.6 Å². The van der Waals surface area contributed by atoms with Gasteiger partial charge in [0.2, 0.25) is 0 Å². The second-order valence-corrected chi connectivity index (χ2v) is 5.47. The maximum absolute atomic E-state index is 13.8. The Morgan fingerprint density at radius 2 is 2.10 bits per heavy atom. The molecule has 1 atom stereocenters. The van der Waals surface area contributed by atoms with Crippen molar-refractivity contribution < 1.29 is 17.6 Å². The van der Waals surface area contributed by atoms with Crippen molar-refractivity contribution in [1.82, 2.24) is 5.32 Å². The predicted molar refractivity (Wildman–Crippen MR) is 74.9 cm³/mol. The molecule has 1 aromatic rings. The molecule has 1 fully saturated rings. The molecule has 118 valence electrons. The lowest BCUT2D eigenvalue weighted by Gasteiger charge is -2.21. The fraction of sp³-hybridized carbons (Fsp3) is 0.600. The molecule has 1 heterocycles. The number of alkyl halides is 3. The second kappa shape index (κ2) is 6.64. The third kappa shape index (κ3) is 4.09. The van der Waals surface area contributed by atoms with Gasteiger partial charge >= 0.3 is 6.18 Å². The molecule has 6 heteroatoms. The summed E-state index contributed by atoms with van der Waals surface area (Å²) in [7, 11) is 0. The molecule has 0 aromatic heterocycles. The van der Waals surface area contributed by atoms with E-state index in [-0.39, 0.29) is 5.69 Å². The zero-order chi connectivity index (χ0) is 15.5. The van der Waals surface area contributed by atoms with Crippen LogP contribution in [-0.4, -0.2) is 26.2 Å². The molecule has 1 aromatic carbocycles. The molecule has 0 radical (unpaired) electrons. The van der Waals surface area contributed by atoms with Crippen molar-refractivity contribution in [1.29, 1.82) is 0 Å². The van der Waals surface area contributed by atoms with E-state index in [1.54, 1.807) is 4.90 Å². The minimum atomic E-state index is -4.44. The van der Waals surface area contributed by atoms with Crippen LogP contribution in [0.1, 0.15) is 25.3 Å². The van der Waals surface area contributed by atoms with Crippen LogP contribution in [0.2, 0.25) is 0 Å². The molecular formula is C15H20F4N2. The van der Waals surface area contributed by atoms with E-state index in [4.69, 9.17) is 0 Å². The molecule has 0 spiro atoms. The third-order valence-electron chi connectivity index (χ3n) is 3.76. The van der Waals surface area contributed by atoms with E-state index in [9.17, 15) is 17.6 Å². The minimum Gasteiger partial charge on any atom is -0.369 e. The van der Waals surface area contributed by atoms with E-state index in [2.05, 4.69) is 12.2 Å². The van der Waals surface area contributed by atoms with Crippen molar-refractivity contribution in [3.63, 3.8) is 0 Å². The van der Waals surface area contributed by atoms with E-state index >= 15 is 0 Å². The SMILES string of the molecule is CCCNCC1CCN(c2cc(C(F)(F)F)ccc2F)C1. The Morgan fingerprint density at radius 3 is 2.76 bits per heavy atom. The molecule has 0 saturated carbocycles. The summed E-state index contributed by atoms with van der Waals surface area (Å²) >= 11 is 0. The Bertz CT molecular complexity index is 473. The van der Waals surface area contributed by atoms with Crippen LogP contribution in [0.3, 0.4) is 0 Å². The minimum absolute atomic E-state index is 0.0582. The molecule has 0 aliphatic carbocycles. The van der Waals surface area contributed by atoms with Crippen LogP contribution in [0, 0.1) is 11.7 Å². The first-order valence-corrected chi connectivity index (χ1v) is 7.24. The van der Waals surface area contributed by atoms with Gasteiger partial charge in [0.1, 0.15) is 5.82 Å². The zero-order valence-corrected chi connectivity index (χ0v) is 12.0. The van der Waals surface area contributed by atoms with Crippen LogP contribution in [0.15, 0.2) is 18.2 Å². The van der Waals surface area contributed by atoms with Gasteiger partial charge in [-0.1, -0.05) is 6.92 Å². The van der Waals surface area contributed by atoms with E-state index in [0.29, 0.717) is 19.0 Å². The molecule has 1 N–H and O–H groups in total. The van der Waals surface area contributed by atoms with E-state index in [1.807, 2.05) is 0 Å². The largest absolute Gasteiger partial charge is 0.416 e. The van der Waals surface area contributed by atoms with Crippen molar-refractivity contribution in [3.05, 3.63) is 29.6 Å². The monoisotopic (exact) mass is 304 g/mol. The topological polar surface area (TPSA) is 15.3 Å². The first kappa shape index (κ1) is 16.1. The Balaban J connectivity index is 2.05. The predicted octanol–water partition coefficient (Wildman–Crippen LogP) is 3.67. The molecule has 21 heavy (non-hydrogen) atoms. The summed E-state index contributed by atoms with van der Waals surface area (Å²) in [5.74, 6) is -0.240. The van der Waals surface area contributed by atoms with Gasteiger partial charge in [-0.05, 0) is 50.0 Å². The Morgan fingerprint density at radius 1 is 1.33 bits per heavy atom. The highest BCUT2D eigenvalue weighted by atomic mass is 19.4. The van der Waals surface area contributed by atoms with Gasteiger partial charge in [0.25, 0.3) is 0 Å². The Labute approximate surface area is 122 Å². The zero-order valence-electron chi connectivity index (χ0n) is 12.0. The lowest BCUT2D eigenvalue weighted by molar-refractivity contribution is -0.137. The normalized spacial score (nSPS) is 19.3. The van der Waals surface area contributed by atoms with Gasteiger partial charge in [0, 0.05) is 13.1 Å². The smallest absolute Gasteiger partial charge is 0.369 e. The highest BCUT2D eigenvalue weighted by Crippen LogP contribution is 2.34. The van der Waals surface area contributed by atoms with Crippen LogP contribution in [-0.2, 0) is 6.18 Å². The summed E-state index contributed by atoms with van der Waals surface area (Å²) in [5.41, 5.74) is -0.741. The lowest BCUT2D eigenvalue weighted by atomic mass is 10.1. The number of hydrogen-bond acceptors (Lipinski definition) is 2. The standard InChI is InChI=1S/C15H20F4N2/c1-2-6-20-9-11-5-7-21(10-11)14-8-12(15(17,18)19)3-4-13(14)16/h3-4,8,11,20H,2,5-7,9-10H2,1H3. The van der Waals surface area contributed by atoms with Crippen molar-refractivity contribution in [2.24, 2.45) is 5.92 Å². The molecule has 2 nitrogen and oxygen atoms in total. The molecule has 2 rings (SSSR count).